The van der Waals surface area contributed by atoms with Gasteiger partial charge in [-0.15, -0.1) is 35.7 Å². The van der Waals surface area contributed by atoms with Gasteiger partial charge in [0.2, 0.25) is 0 Å². The summed E-state index contributed by atoms with van der Waals surface area (Å²) < 4.78 is 0. The van der Waals surface area contributed by atoms with Crippen molar-refractivity contribution >= 4 is 52.7 Å². The number of fused-ring (bicyclic) bond motifs is 1. The van der Waals surface area contributed by atoms with Gasteiger partial charge in [-0.2, -0.15) is 0 Å². The number of aromatic nitrogens is 2. The number of aliphatic imine (C=N–C) groups is 1. The Bertz CT molecular complexity index is 894. The lowest BCUT2D eigenvalue weighted by molar-refractivity contribution is 0.474. The van der Waals surface area contributed by atoms with Gasteiger partial charge in [-0.3, -0.25) is 4.99 Å². The lowest BCUT2D eigenvalue weighted by atomic mass is 10.2. The van der Waals surface area contributed by atoms with Crippen molar-refractivity contribution in [2.75, 3.05) is 32.4 Å². The summed E-state index contributed by atoms with van der Waals surface area (Å²) in [6, 6.07) is 18.8. The predicted molar refractivity (Wildman–Crippen MR) is 133 cm³/mol. The Kier molecular flexibility index (Phi) is 8.23. The Balaban J connectivity index is 0.00000240. The molecule has 1 unspecified atom stereocenters. The van der Waals surface area contributed by atoms with Gasteiger partial charge < -0.3 is 15.2 Å². The van der Waals surface area contributed by atoms with E-state index in [1.54, 1.807) is 0 Å². The number of benzene rings is 2. The molecule has 0 bridgehead atoms. The molecule has 0 aliphatic carbocycles. The number of aromatic amines is 1. The summed E-state index contributed by atoms with van der Waals surface area (Å²) in [5.41, 5.74) is 2.13. The van der Waals surface area contributed by atoms with Crippen molar-refractivity contribution in [2.45, 2.75) is 17.7 Å². The summed E-state index contributed by atoms with van der Waals surface area (Å²) in [5.74, 6) is 3.89. The first-order valence-corrected chi connectivity index (χ1v) is 10.9. The smallest absolute Gasteiger partial charge is 0.193 e. The van der Waals surface area contributed by atoms with Gasteiger partial charge in [0, 0.05) is 43.8 Å². The van der Waals surface area contributed by atoms with E-state index < -0.39 is 0 Å². The van der Waals surface area contributed by atoms with Crippen molar-refractivity contribution in [1.82, 2.24) is 20.2 Å². The number of imidazole rings is 1. The first-order valence-electron chi connectivity index (χ1n) is 9.89. The molecule has 0 amide bonds. The Hall–Kier alpha value is -1.74. The van der Waals surface area contributed by atoms with Crippen LogP contribution < -0.4 is 5.32 Å². The summed E-state index contributed by atoms with van der Waals surface area (Å²) >= 11 is 1.96. The second-order valence-electron chi connectivity index (χ2n) is 7.15. The predicted octanol–water partition coefficient (Wildman–Crippen LogP) is 4.41. The van der Waals surface area contributed by atoms with Gasteiger partial charge in [0.15, 0.2) is 5.96 Å². The minimum absolute atomic E-state index is 0. The number of rotatable bonds is 6. The van der Waals surface area contributed by atoms with E-state index in [0.717, 1.165) is 54.6 Å². The van der Waals surface area contributed by atoms with Crippen LogP contribution in [0.3, 0.4) is 0 Å². The summed E-state index contributed by atoms with van der Waals surface area (Å²) in [6.45, 7) is 2.97. The van der Waals surface area contributed by atoms with E-state index in [0.29, 0.717) is 5.92 Å². The van der Waals surface area contributed by atoms with Gasteiger partial charge >= 0.3 is 0 Å². The first kappa shape index (κ1) is 22.0. The number of guanidine groups is 1. The molecule has 4 rings (SSSR count). The van der Waals surface area contributed by atoms with Crippen LogP contribution in [0.1, 0.15) is 12.2 Å². The Labute approximate surface area is 193 Å². The van der Waals surface area contributed by atoms with Crippen molar-refractivity contribution in [3.63, 3.8) is 0 Å². The molecule has 0 spiro atoms. The quantitative estimate of drug-likeness (QED) is 0.218. The van der Waals surface area contributed by atoms with Crippen molar-refractivity contribution < 1.29 is 0 Å². The monoisotopic (exact) mass is 521 g/mol. The van der Waals surface area contributed by atoms with E-state index >= 15 is 0 Å². The zero-order valence-electron chi connectivity index (χ0n) is 16.7. The van der Waals surface area contributed by atoms with Crippen LogP contribution >= 0.6 is 35.7 Å². The van der Waals surface area contributed by atoms with Gasteiger partial charge in [0.25, 0.3) is 0 Å². The highest BCUT2D eigenvalue weighted by molar-refractivity contribution is 14.0. The lowest BCUT2D eigenvalue weighted by Gasteiger charge is -2.21. The summed E-state index contributed by atoms with van der Waals surface area (Å²) in [7, 11) is 1.87. The molecule has 154 valence electrons. The Morgan fingerprint density at radius 2 is 2.00 bits per heavy atom. The molecule has 0 radical (unpaired) electrons. The van der Waals surface area contributed by atoms with E-state index in [1.165, 1.54) is 11.3 Å². The SMILES string of the molecule is CN=C(NCCc1nc2ccccc2[nH]1)N1CCC(CSc2ccccc2)C1.I. The zero-order valence-corrected chi connectivity index (χ0v) is 19.8. The van der Waals surface area contributed by atoms with E-state index in [2.05, 4.69) is 61.6 Å². The van der Waals surface area contributed by atoms with Crippen molar-refractivity contribution in [3.8, 4) is 0 Å². The topological polar surface area (TPSA) is 56.3 Å². The normalized spacial score (nSPS) is 16.8. The van der Waals surface area contributed by atoms with Crippen LogP contribution in [0, 0.1) is 5.92 Å². The molecule has 1 fully saturated rings. The van der Waals surface area contributed by atoms with Crippen LogP contribution in [-0.4, -0.2) is 53.3 Å². The van der Waals surface area contributed by atoms with E-state index in [1.807, 2.05) is 37.0 Å². The highest BCUT2D eigenvalue weighted by Gasteiger charge is 2.24. The minimum atomic E-state index is 0. The minimum Gasteiger partial charge on any atom is -0.356 e. The molecule has 2 N–H and O–H groups in total. The molecule has 3 aromatic rings. The van der Waals surface area contributed by atoms with Gasteiger partial charge in [-0.25, -0.2) is 4.98 Å². The molecule has 5 nitrogen and oxygen atoms in total. The Morgan fingerprint density at radius 1 is 1.21 bits per heavy atom. The van der Waals surface area contributed by atoms with Crippen LogP contribution in [0.4, 0.5) is 0 Å². The van der Waals surface area contributed by atoms with Gasteiger partial charge in [-0.1, -0.05) is 30.3 Å². The molecule has 1 aromatic heterocycles. The number of hydrogen-bond donors (Lipinski definition) is 2. The van der Waals surface area contributed by atoms with Crippen LogP contribution in [0.2, 0.25) is 0 Å². The average molecular weight is 521 g/mol. The van der Waals surface area contributed by atoms with E-state index in [-0.39, 0.29) is 24.0 Å². The number of H-pyrrole nitrogens is 1. The standard InChI is InChI=1S/C22H27N5S.HI/c1-23-22(24-13-11-21-25-19-9-5-6-10-20(19)26-21)27-14-12-17(15-27)16-28-18-7-3-2-4-8-18;/h2-10,17H,11-16H2,1H3,(H,23,24)(H,25,26);1H. The third-order valence-electron chi connectivity index (χ3n) is 5.11. The lowest BCUT2D eigenvalue weighted by Crippen LogP contribution is -2.41. The third kappa shape index (κ3) is 5.88. The molecule has 7 heteroatoms. The number of halogens is 1. The first-order chi connectivity index (χ1) is 13.8. The van der Waals surface area contributed by atoms with E-state index in [9.17, 15) is 0 Å². The molecule has 1 aliphatic heterocycles. The van der Waals surface area contributed by atoms with Crippen molar-refractivity contribution in [2.24, 2.45) is 10.9 Å². The number of hydrogen-bond acceptors (Lipinski definition) is 3. The highest BCUT2D eigenvalue weighted by atomic mass is 127. The average Bonchev–Trinajstić information content (AvgIpc) is 3.37. The summed E-state index contributed by atoms with van der Waals surface area (Å²) in [6.07, 6.45) is 2.08. The number of likely N-dealkylation sites (tertiary alicyclic amines) is 1. The van der Waals surface area contributed by atoms with Gasteiger partial charge in [-0.05, 0) is 36.6 Å². The van der Waals surface area contributed by atoms with Crippen molar-refractivity contribution in [1.29, 1.82) is 0 Å². The third-order valence-corrected chi connectivity index (χ3v) is 6.35. The van der Waals surface area contributed by atoms with Crippen LogP contribution in [0.15, 0.2) is 64.5 Å². The molecule has 1 atom stereocenters. The molecule has 1 saturated heterocycles. The number of thioether (sulfide) groups is 1. The fourth-order valence-corrected chi connectivity index (χ4v) is 4.69. The molecule has 1 aliphatic rings. The molecular weight excluding hydrogens is 493 g/mol. The fourth-order valence-electron chi connectivity index (χ4n) is 3.64. The molecule has 2 aromatic carbocycles. The number of nitrogens with one attached hydrogen (secondary N) is 2. The second-order valence-corrected chi connectivity index (χ2v) is 8.24. The number of nitrogens with zero attached hydrogens (tertiary/aromatic N) is 3. The van der Waals surface area contributed by atoms with Crippen LogP contribution in [0.5, 0.6) is 0 Å². The molecule has 0 saturated carbocycles. The second kappa shape index (κ2) is 10.9. The van der Waals surface area contributed by atoms with Gasteiger partial charge in [0.05, 0.1) is 11.0 Å². The van der Waals surface area contributed by atoms with Crippen LogP contribution in [-0.2, 0) is 6.42 Å². The van der Waals surface area contributed by atoms with Crippen LogP contribution in [0.25, 0.3) is 11.0 Å². The van der Waals surface area contributed by atoms with Gasteiger partial charge in [0.1, 0.15) is 5.82 Å². The highest BCUT2D eigenvalue weighted by Crippen LogP contribution is 2.25. The fraction of sp³-hybridized carbons (Fsp3) is 0.364. The largest absolute Gasteiger partial charge is 0.356 e. The maximum absolute atomic E-state index is 4.65. The maximum Gasteiger partial charge on any atom is 0.193 e. The molecule has 2 heterocycles. The van der Waals surface area contributed by atoms with Crippen molar-refractivity contribution in [3.05, 3.63) is 60.4 Å². The molecular formula is C22H28IN5S. The summed E-state index contributed by atoms with van der Waals surface area (Å²) in [5, 5.41) is 3.51. The molecule has 29 heavy (non-hydrogen) atoms. The van der Waals surface area contributed by atoms with E-state index in [4.69, 9.17) is 0 Å². The zero-order chi connectivity index (χ0) is 19.2. The maximum atomic E-state index is 4.65. The number of para-hydroxylation sites is 2. The Morgan fingerprint density at radius 3 is 2.79 bits per heavy atom. The summed E-state index contributed by atoms with van der Waals surface area (Å²) in [4.78, 5) is 16.3.